The van der Waals surface area contributed by atoms with E-state index >= 15 is 0 Å². The quantitative estimate of drug-likeness (QED) is 0.585. The van der Waals surface area contributed by atoms with Crippen molar-refractivity contribution in [1.82, 2.24) is 0 Å². The summed E-state index contributed by atoms with van der Waals surface area (Å²) in [6.45, 7) is 2.38. The van der Waals surface area contributed by atoms with Gasteiger partial charge in [-0.15, -0.1) is 5.92 Å². The molecule has 20 heavy (non-hydrogen) atoms. The fraction of sp³-hybridized carbons (Fsp3) is 0.750. The van der Waals surface area contributed by atoms with E-state index < -0.39 is 23.6 Å². The second-order valence-electron chi connectivity index (χ2n) is 5.20. The van der Waals surface area contributed by atoms with E-state index in [1.165, 1.54) is 0 Å². The van der Waals surface area contributed by atoms with Gasteiger partial charge >= 0.3 is 11.9 Å². The van der Waals surface area contributed by atoms with Gasteiger partial charge in [0, 0.05) is 45.6 Å². The summed E-state index contributed by atoms with van der Waals surface area (Å²) in [5.41, 5.74) is 3.88. The number of nitrogens with two attached hydrogens (primary N) is 1. The van der Waals surface area contributed by atoms with Crippen LogP contribution in [-0.4, -0.2) is 52.6 Å². The number of rotatable bonds is 4. The Morgan fingerprint density at radius 1 is 1.50 bits per heavy atom. The van der Waals surface area contributed by atoms with E-state index in [-0.39, 0.29) is 63.7 Å². The number of carboxylic acids is 2. The topological polar surface area (TPSA) is 119 Å². The van der Waals surface area contributed by atoms with E-state index in [9.17, 15) is 14.7 Å². The minimum Gasteiger partial charge on any atom is -0.480 e. The fourth-order valence-electron chi connectivity index (χ4n) is 2.69. The Labute approximate surface area is 142 Å². The van der Waals surface area contributed by atoms with Crippen LogP contribution in [0.3, 0.4) is 0 Å². The molecular formula is C12H18NO6Y-. The molecule has 2 aliphatic rings. The number of hydrogen-bond donors (Lipinski definition) is 3. The first-order valence-corrected chi connectivity index (χ1v) is 6.20. The molecule has 111 valence electrons. The van der Waals surface area contributed by atoms with Crippen molar-refractivity contribution in [1.29, 1.82) is 0 Å². The third-order valence-corrected chi connectivity index (χ3v) is 3.81. The van der Waals surface area contributed by atoms with Gasteiger partial charge in [0.15, 0.2) is 5.60 Å². The summed E-state index contributed by atoms with van der Waals surface area (Å²) in [4.78, 5) is 22.3. The van der Waals surface area contributed by atoms with Crippen LogP contribution in [0.15, 0.2) is 0 Å². The maximum Gasteiger partial charge on any atom is 0.336 e. The van der Waals surface area contributed by atoms with Crippen LogP contribution >= 0.6 is 0 Å². The third kappa shape index (κ3) is 3.39. The molecule has 2 rings (SSSR count). The SMILES string of the molecule is C[C@H]1[CH-]COC2C[C@@](CC(N)C(=O)O)(C(=O)O)OC21.[Y]. The van der Waals surface area contributed by atoms with Gasteiger partial charge in [-0.25, -0.2) is 4.79 Å². The van der Waals surface area contributed by atoms with Gasteiger partial charge in [-0.05, 0) is 0 Å². The number of fused-ring (bicyclic) bond motifs is 1. The number of carbonyl (C=O) groups is 2. The first kappa shape index (κ1) is 18.0. The second kappa shape index (κ2) is 6.79. The zero-order valence-electron chi connectivity index (χ0n) is 11.2. The van der Waals surface area contributed by atoms with Crippen LogP contribution in [0, 0.1) is 12.3 Å². The second-order valence-corrected chi connectivity index (χ2v) is 5.20. The summed E-state index contributed by atoms with van der Waals surface area (Å²) in [6.07, 6.45) is 1.10. The van der Waals surface area contributed by atoms with Gasteiger partial charge in [0.25, 0.3) is 0 Å². The minimum atomic E-state index is -1.57. The molecule has 4 N–H and O–H groups in total. The van der Waals surface area contributed by atoms with Crippen LogP contribution in [0.25, 0.3) is 0 Å². The van der Waals surface area contributed by atoms with Crippen molar-refractivity contribution in [3.05, 3.63) is 6.42 Å². The van der Waals surface area contributed by atoms with Gasteiger partial charge in [-0.1, -0.05) is 13.5 Å². The molecule has 2 aliphatic heterocycles. The van der Waals surface area contributed by atoms with Crippen molar-refractivity contribution in [2.45, 2.75) is 43.6 Å². The van der Waals surface area contributed by atoms with Gasteiger partial charge in [0.1, 0.15) is 6.04 Å². The normalized spacial score (nSPS) is 37.6. The molecular weight excluding hydrogens is 343 g/mol. The molecule has 2 saturated heterocycles. The molecule has 0 saturated carbocycles. The maximum absolute atomic E-state index is 11.5. The van der Waals surface area contributed by atoms with Crippen LogP contribution in [0.1, 0.15) is 19.8 Å². The molecule has 2 fully saturated rings. The first-order valence-electron chi connectivity index (χ1n) is 6.20. The van der Waals surface area contributed by atoms with E-state index in [4.69, 9.17) is 20.3 Å². The molecule has 1 radical (unpaired) electrons. The fourth-order valence-corrected chi connectivity index (χ4v) is 2.69. The van der Waals surface area contributed by atoms with Crippen molar-refractivity contribution >= 4 is 11.9 Å². The predicted octanol–water partition coefficient (Wildman–Crippen LogP) is -0.363. The van der Waals surface area contributed by atoms with E-state index in [0.29, 0.717) is 6.61 Å². The van der Waals surface area contributed by atoms with Crippen LogP contribution < -0.4 is 5.73 Å². The molecule has 7 nitrogen and oxygen atoms in total. The van der Waals surface area contributed by atoms with Gasteiger partial charge in [0.2, 0.25) is 0 Å². The molecule has 2 heterocycles. The molecule has 5 atom stereocenters. The first-order chi connectivity index (χ1) is 8.85. The Hall–Kier alpha value is -0.0761. The number of ether oxygens (including phenoxy) is 2. The molecule has 0 aromatic rings. The Morgan fingerprint density at radius 3 is 2.65 bits per heavy atom. The molecule has 3 unspecified atom stereocenters. The van der Waals surface area contributed by atoms with Gasteiger partial charge in [0.05, 0.1) is 12.2 Å². The summed E-state index contributed by atoms with van der Waals surface area (Å²) < 4.78 is 11.1. The molecule has 0 aromatic heterocycles. The van der Waals surface area contributed by atoms with Crippen LogP contribution in [0.4, 0.5) is 0 Å². The molecule has 0 aromatic carbocycles. The number of aliphatic carboxylic acids is 2. The van der Waals surface area contributed by atoms with Crippen LogP contribution in [0.2, 0.25) is 0 Å². The van der Waals surface area contributed by atoms with E-state index in [0.717, 1.165) is 0 Å². The number of carboxylic acid groups (broad SMARTS) is 2. The van der Waals surface area contributed by atoms with Gasteiger partial charge < -0.3 is 25.4 Å². The zero-order valence-corrected chi connectivity index (χ0v) is 14.0. The summed E-state index contributed by atoms with van der Waals surface area (Å²) >= 11 is 0. The van der Waals surface area contributed by atoms with Crippen molar-refractivity contribution in [2.24, 2.45) is 11.7 Å². The summed E-state index contributed by atoms with van der Waals surface area (Å²) in [5.74, 6) is -2.35. The van der Waals surface area contributed by atoms with Crippen LogP contribution in [-0.2, 0) is 51.8 Å². The van der Waals surface area contributed by atoms with Gasteiger partial charge in [-0.3, -0.25) is 11.2 Å². The Kier molecular flexibility index (Phi) is 6.10. The van der Waals surface area contributed by atoms with Crippen molar-refractivity contribution in [3.63, 3.8) is 0 Å². The van der Waals surface area contributed by atoms with Crippen molar-refractivity contribution in [3.8, 4) is 0 Å². The summed E-state index contributed by atoms with van der Waals surface area (Å²) in [5, 5.41) is 18.2. The van der Waals surface area contributed by atoms with E-state index in [1.807, 2.05) is 13.3 Å². The standard InChI is InChI=1S/C12H18NO6.Y/c1-6-2-3-18-8-5-12(11(16)17,19-9(6)8)4-7(13)10(14)15;/h2,6-9H,3-5,13H2,1H3,(H,14,15)(H,16,17);/q-1;/t6-,7?,8?,9?,12-;/m0./s1. The van der Waals surface area contributed by atoms with Crippen LogP contribution in [0.5, 0.6) is 0 Å². The summed E-state index contributed by atoms with van der Waals surface area (Å²) in [6, 6.07) is -1.27. The summed E-state index contributed by atoms with van der Waals surface area (Å²) in [7, 11) is 0. The molecule has 0 amide bonds. The van der Waals surface area contributed by atoms with Crippen molar-refractivity contribution < 1.29 is 62.0 Å². The van der Waals surface area contributed by atoms with E-state index in [1.54, 1.807) is 0 Å². The zero-order chi connectivity index (χ0) is 14.2. The third-order valence-electron chi connectivity index (χ3n) is 3.81. The number of hydrogen-bond acceptors (Lipinski definition) is 5. The maximum atomic E-state index is 11.5. The largest absolute Gasteiger partial charge is 0.480 e. The average Bonchev–Trinajstić information content (AvgIpc) is 2.70. The van der Waals surface area contributed by atoms with E-state index in [2.05, 4.69) is 0 Å². The monoisotopic (exact) mass is 361 g/mol. The minimum absolute atomic E-state index is 0. The Bertz CT molecular complexity index is 392. The molecule has 0 aliphatic carbocycles. The molecule has 0 spiro atoms. The molecule has 8 heteroatoms. The Morgan fingerprint density at radius 2 is 2.15 bits per heavy atom. The molecule has 0 bridgehead atoms. The smallest absolute Gasteiger partial charge is 0.336 e. The predicted molar refractivity (Wildman–Crippen MR) is 63.3 cm³/mol. The van der Waals surface area contributed by atoms with Gasteiger partial charge in [-0.2, -0.15) is 0 Å². The Balaban J connectivity index is 0.00000200. The average molecular weight is 361 g/mol. The van der Waals surface area contributed by atoms with Crippen molar-refractivity contribution in [2.75, 3.05) is 6.61 Å².